The third kappa shape index (κ3) is 7.67. The van der Waals surface area contributed by atoms with E-state index in [9.17, 15) is 19.1 Å². The van der Waals surface area contributed by atoms with Crippen LogP contribution in [0.25, 0.3) is 0 Å². The van der Waals surface area contributed by atoms with Crippen LogP contribution in [-0.2, 0) is 9.59 Å². The van der Waals surface area contributed by atoms with Gasteiger partial charge >= 0.3 is 5.97 Å². The van der Waals surface area contributed by atoms with Gasteiger partial charge in [-0.05, 0) is 31.2 Å². The summed E-state index contributed by atoms with van der Waals surface area (Å²) in [6.07, 6.45) is -0.206. The Hall–Kier alpha value is -1.60. The SMILES string of the molecule is CC(O)(CNC(=O)CCSc1ccc(F)cc1)CC(=O)O. The second-order valence-electron chi connectivity index (χ2n) is 4.90. The van der Waals surface area contributed by atoms with Gasteiger partial charge in [-0.25, -0.2) is 4.39 Å². The number of amides is 1. The van der Waals surface area contributed by atoms with Gasteiger partial charge < -0.3 is 15.5 Å². The molecule has 1 rings (SSSR count). The summed E-state index contributed by atoms with van der Waals surface area (Å²) in [7, 11) is 0. The molecule has 0 aliphatic heterocycles. The number of aliphatic carboxylic acids is 1. The first-order valence-corrected chi connectivity index (χ1v) is 7.36. The maximum absolute atomic E-state index is 12.7. The van der Waals surface area contributed by atoms with Crippen LogP contribution in [0, 0.1) is 5.82 Å². The second kappa shape index (κ2) is 7.99. The Kier molecular flexibility index (Phi) is 6.64. The number of halogens is 1. The van der Waals surface area contributed by atoms with Gasteiger partial charge in [0.1, 0.15) is 5.82 Å². The molecule has 0 aliphatic carbocycles. The van der Waals surface area contributed by atoms with Crippen molar-refractivity contribution in [2.45, 2.75) is 30.3 Å². The quantitative estimate of drug-likeness (QED) is 0.635. The normalized spacial score (nSPS) is 13.5. The van der Waals surface area contributed by atoms with Crippen LogP contribution in [0.15, 0.2) is 29.2 Å². The zero-order chi connectivity index (χ0) is 15.9. The van der Waals surface area contributed by atoms with Gasteiger partial charge in [0.05, 0.1) is 12.0 Å². The molecule has 1 atom stereocenters. The summed E-state index contributed by atoms with van der Waals surface area (Å²) in [5, 5.41) is 20.8. The smallest absolute Gasteiger partial charge is 0.306 e. The molecule has 21 heavy (non-hydrogen) atoms. The lowest BCUT2D eigenvalue weighted by Gasteiger charge is -2.21. The summed E-state index contributed by atoms with van der Waals surface area (Å²) >= 11 is 1.42. The Morgan fingerprint density at radius 1 is 1.33 bits per heavy atom. The van der Waals surface area contributed by atoms with Crippen LogP contribution in [0.3, 0.4) is 0 Å². The van der Waals surface area contributed by atoms with Crippen molar-refractivity contribution in [3.8, 4) is 0 Å². The molecular weight excluding hydrogens is 297 g/mol. The van der Waals surface area contributed by atoms with Gasteiger partial charge in [-0.3, -0.25) is 9.59 Å². The summed E-state index contributed by atoms with van der Waals surface area (Å²) in [4.78, 5) is 22.9. The highest BCUT2D eigenvalue weighted by atomic mass is 32.2. The first-order chi connectivity index (χ1) is 9.78. The van der Waals surface area contributed by atoms with E-state index in [4.69, 9.17) is 5.11 Å². The van der Waals surface area contributed by atoms with Crippen molar-refractivity contribution >= 4 is 23.6 Å². The number of carbonyl (C=O) groups is 2. The largest absolute Gasteiger partial charge is 0.481 e. The number of benzene rings is 1. The van der Waals surface area contributed by atoms with E-state index >= 15 is 0 Å². The molecule has 0 radical (unpaired) electrons. The molecule has 0 aromatic heterocycles. The minimum absolute atomic E-state index is 0.112. The highest BCUT2D eigenvalue weighted by Crippen LogP contribution is 2.18. The first kappa shape index (κ1) is 17.5. The molecule has 1 aromatic rings. The third-order valence-electron chi connectivity index (χ3n) is 2.61. The van der Waals surface area contributed by atoms with Crippen LogP contribution in [0.1, 0.15) is 19.8 Å². The molecular formula is C14H18FNO4S. The fourth-order valence-corrected chi connectivity index (χ4v) is 2.41. The zero-order valence-corrected chi connectivity index (χ0v) is 12.5. The van der Waals surface area contributed by atoms with E-state index in [0.717, 1.165) is 4.90 Å². The van der Waals surface area contributed by atoms with Gasteiger partial charge in [-0.15, -0.1) is 11.8 Å². The van der Waals surface area contributed by atoms with E-state index in [-0.39, 0.29) is 24.7 Å². The highest BCUT2D eigenvalue weighted by Gasteiger charge is 2.24. The lowest BCUT2D eigenvalue weighted by molar-refractivity contribution is -0.142. The third-order valence-corrected chi connectivity index (χ3v) is 3.62. The van der Waals surface area contributed by atoms with E-state index < -0.39 is 18.0 Å². The molecule has 0 spiro atoms. The van der Waals surface area contributed by atoms with Crippen molar-refractivity contribution < 1.29 is 24.2 Å². The molecule has 0 fully saturated rings. The fourth-order valence-electron chi connectivity index (χ4n) is 1.56. The van der Waals surface area contributed by atoms with Crippen LogP contribution in [-0.4, -0.2) is 40.0 Å². The van der Waals surface area contributed by atoms with Crippen LogP contribution in [0.5, 0.6) is 0 Å². The molecule has 1 unspecified atom stereocenters. The van der Waals surface area contributed by atoms with E-state index in [2.05, 4.69) is 5.32 Å². The Labute approximate surface area is 126 Å². The molecule has 0 saturated carbocycles. The number of nitrogens with one attached hydrogen (secondary N) is 1. The average Bonchev–Trinajstić information content (AvgIpc) is 2.37. The molecule has 0 aliphatic rings. The molecule has 1 amide bonds. The van der Waals surface area contributed by atoms with Gasteiger partial charge in [0.15, 0.2) is 0 Å². The van der Waals surface area contributed by atoms with Gasteiger partial charge in [-0.2, -0.15) is 0 Å². The summed E-state index contributed by atoms with van der Waals surface area (Å²) in [6, 6.07) is 5.97. The van der Waals surface area contributed by atoms with Gasteiger partial charge in [0, 0.05) is 23.6 Å². The lowest BCUT2D eigenvalue weighted by atomic mass is 10.0. The van der Waals surface area contributed by atoms with E-state index in [1.807, 2.05) is 0 Å². The molecule has 7 heteroatoms. The van der Waals surface area contributed by atoms with Crippen LogP contribution >= 0.6 is 11.8 Å². The molecule has 0 bridgehead atoms. The number of hydrogen-bond acceptors (Lipinski definition) is 4. The molecule has 0 saturated heterocycles. The predicted octanol–water partition coefficient (Wildman–Crippen LogP) is 1.65. The van der Waals surface area contributed by atoms with Crippen molar-refractivity contribution in [3.63, 3.8) is 0 Å². The van der Waals surface area contributed by atoms with Gasteiger partial charge in [-0.1, -0.05) is 0 Å². The van der Waals surface area contributed by atoms with Gasteiger partial charge in [0.2, 0.25) is 5.91 Å². The second-order valence-corrected chi connectivity index (χ2v) is 6.06. The average molecular weight is 315 g/mol. The maximum Gasteiger partial charge on any atom is 0.306 e. The monoisotopic (exact) mass is 315 g/mol. The predicted molar refractivity (Wildman–Crippen MR) is 77.6 cm³/mol. The topological polar surface area (TPSA) is 86.6 Å². The summed E-state index contributed by atoms with van der Waals surface area (Å²) in [5.74, 6) is -1.19. The standard InChI is InChI=1S/C14H18FNO4S/c1-14(20,8-13(18)19)9-16-12(17)6-7-21-11-4-2-10(15)3-5-11/h2-5,20H,6-9H2,1H3,(H,16,17)(H,18,19). The van der Waals surface area contributed by atoms with Crippen molar-refractivity contribution in [3.05, 3.63) is 30.1 Å². The number of carboxylic acid groups (broad SMARTS) is 1. The number of hydrogen-bond donors (Lipinski definition) is 3. The van der Waals surface area contributed by atoms with E-state index in [0.29, 0.717) is 5.75 Å². The zero-order valence-electron chi connectivity index (χ0n) is 11.6. The van der Waals surface area contributed by atoms with E-state index in [1.165, 1.54) is 30.8 Å². The van der Waals surface area contributed by atoms with Crippen molar-refractivity contribution in [1.82, 2.24) is 5.32 Å². The van der Waals surface area contributed by atoms with Crippen molar-refractivity contribution in [2.24, 2.45) is 0 Å². The van der Waals surface area contributed by atoms with Gasteiger partial charge in [0.25, 0.3) is 0 Å². The van der Waals surface area contributed by atoms with Crippen LogP contribution in [0.2, 0.25) is 0 Å². The Bertz CT molecular complexity index is 490. The first-order valence-electron chi connectivity index (χ1n) is 6.38. The van der Waals surface area contributed by atoms with Crippen molar-refractivity contribution in [1.29, 1.82) is 0 Å². The van der Waals surface area contributed by atoms with Crippen LogP contribution in [0.4, 0.5) is 4.39 Å². The van der Waals surface area contributed by atoms with Crippen LogP contribution < -0.4 is 5.32 Å². The molecule has 0 heterocycles. The number of rotatable bonds is 8. The highest BCUT2D eigenvalue weighted by molar-refractivity contribution is 7.99. The Balaban J connectivity index is 2.25. The van der Waals surface area contributed by atoms with E-state index in [1.54, 1.807) is 12.1 Å². The fraction of sp³-hybridized carbons (Fsp3) is 0.429. The lowest BCUT2D eigenvalue weighted by Crippen LogP contribution is -2.42. The number of aliphatic hydroxyl groups is 1. The minimum atomic E-state index is -1.47. The molecule has 116 valence electrons. The Morgan fingerprint density at radius 2 is 1.95 bits per heavy atom. The summed E-state index contributed by atoms with van der Waals surface area (Å²) in [5.41, 5.74) is -1.47. The number of carboxylic acids is 1. The van der Waals surface area contributed by atoms with Crippen molar-refractivity contribution in [2.75, 3.05) is 12.3 Å². The number of thioether (sulfide) groups is 1. The molecule has 1 aromatic carbocycles. The molecule has 5 nitrogen and oxygen atoms in total. The molecule has 3 N–H and O–H groups in total. The number of carbonyl (C=O) groups excluding carboxylic acids is 1. The summed E-state index contributed by atoms with van der Waals surface area (Å²) < 4.78 is 12.7. The Morgan fingerprint density at radius 3 is 2.52 bits per heavy atom. The summed E-state index contributed by atoms with van der Waals surface area (Å²) in [6.45, 7) is 1.24. The maximum atomic E-state index is 12.7. The minimum Gasteiger partial charge on any atom is -0.481 e.